The van der Waals surface area contributed by atoms with Crippen LogP contribution in [-0.4, -0.2) is 53.2 Å². The molecule has 1 aromatic carbocycles. The number of likely N-dealkylation sites (tertiary alicyclic amines) is 1. The van der Waals surface area contributed by atoms with Crippen molar-refractivity contribution in [3.05, 3.63) is 46.8 Å². The van der Waals surface area contributed by atoms with Crippen LogP contribution in [0.2, 0.25) is 0 Å². The first-order chi connectivity index (χ1) is 13.7. The van der Waals surface area contributed by atoms with Crippen molar-refractivity contribution in [2.45, 2.75) is 45.3 Å². The van der Waals surface area contributed by atoms with Crippen LogP contribution in [0.15, 0.2) is 24.3 Å². The molecule has 2 aliphatic heterocycles. The number of aryl methyl sites for hydroxylation is 1. The molecule has 1 atom stereocenters. The van der Waals surface area contributed by atoms with Gasteiger partial charge in [-0.2, -0.15) is 5.10 Å². The Morgan fingerprint density at radius 1 is 1.14 bits per heavy atom. The summed E-state index contributed by atoms with van der Waals surface area (Å²) in [5.41, 5.74) is 5.23. The molecule has 0 N–H and O–H groups in total. The average molecular weight is 381 g/mol. The topological polar surface area (TPSA) is 56.6 Å². The van der Waals surface area contributed by atoms with Gasteiger partial charge in [0.05, 0.1) is 18.9 Å². The molecule has 0 saturated carbocycles. The van der Waals surface area contributed by atoms with Crippen molar-refractivity contribution in [1.82, 2.24) is 14.7 Å². The molecule has 5 rings (SSSR count). The van der Waals surface area contributed by atoms with Crippen LogP contribution in [0.25, 0.3) is 5.69 Å². The van der Waals surface area contributed by atoms with Gasteiger partial charge in [0.15, 0.2) is 12.0 Å². The van der Waals surface area contributed by atoms with Crippen molar-refractivity contribution in [3.63, 3.8) is 0 Å². The van der Waals surface area contributed by atoms with E-state index in [-0.39, 0.29) is 18.1 Å². The van der Waals surface area contributed by atoms with Crippen LogP contribution in [0.3, 0.4) is 0 Å². The fourth-order valence-electron chi connectivity index (χ4n) is 4.82. The molecule has 28 heavy (non-hydrogen) atoms. The first-order valence-corrected chi connectivity index (χ1v) is 10.4. The third-order valence-corrected chi connectivity index (χ3v) is 6.25. The molecular weight excluding hydrogens is 354 g/mol. The Morgan fingerprint density at radius 3 is 2.79 bits per heavy atom. The van der Waals surface area contributed by atoms with Crippen LogP contribution in [0.1, 0.15) is 46.6 Å². The fraction of sp³-hybridized carbons (Fsp3) is 0.545. The summed E-state index contributed by atoms with van der Waals surface area (Å²) in [7, 11) is 0. The van der Waals surface area contributed by atoms with Crippen molar-refractivity contribution < 1.29 is 14.3 Å². The number of carbonyl (C=O) groups is 1. The SMILES string of the molecule is Cc1ccccc1-n1nc(C(=O)N2CCCC(C3OCCO3)C2)c2c1CCC2. The lowest BCUT2D eigenvalue weighted by Gasteiger charge is -2.34. The van der Waals surface area contributed by atoms with E-state index >= 15 is 0 Å². The van der Waals surface area contributed by atoms with E-state index in [1.807, 2.05) is 21.7 Å². The monoisotopic (exact) mass is 381 g/mol. The van der Waals surface area contributed by atoms with Crippen LogP contribution in [0.4, 0.5) is 0 Å². The van der Waals surface area contributed by atoms with Gasteiger partial charge >= 0.3 is 0 Å². The molecule has 148 valence electrons. The van der Waals surface area contributed by atoms with E-state index in [0.29, 0.717) is 25.5 Å². The van der Waals surface area contributed by atoms with E-state index in [0.717, 1.165) is 49.9 Å². The highest BCUT2D eigenvalue weighted by molar-refractivity contribution is 5.94. The number of piperidine rings is 1. The molecule has 0 radical (unpaired) electrons. The van der Waals surface area contributed by atoms with Crippen molar-refractivity contribution in [1.29, 1.82) is 0 Å². The van der Waals surface area contributed by atoms with Crippen LogP contribution in [-0.2, 0) is 22.3 Å². The summed E-state index contributed by atoms with van der Waals surface area (Å²) in [5.74, 6) is 0.319. The zero-order valence-corrected chi connectivity index (χ0v) is 16.4. The molecule has 1 unspecified atom stereocenters. The van der Waals surface area contributed by atoms with Gasteiger partial charge < -0.3 is 14.4 Å². The minimum atomic E-state index is -0.161. The van der Waals surface area contributed by atoms with Crippen LogP contribution in [0, 0.1) is 12.8 Å². The highest BCUT2D eigenvalue weighted by Crippen LogP contribution is 2.31. The normalized spacial score (nSPS) is 22.6. The second-order valence-electron chi connectivity index (χ2n) is 8.09. The third-order valence-electron chi connectivity index (χ3n) is 6.25. The van der Waals surface area contributed by atoms with Gasteiger partial charge in [-0.1, -0.05) is 18.2 Å². The zero-order chi connectivity index (χ0) is 19.1. The van der Waals surface area contributed by atoms with Crippen molar-refractivity contribution in [2.75, 3.05) is 26.3 Å². The zero-order valence-electron chi connectivity index (χ0n) is 16.4. The highest BCUT2D eigenvalue weighted by atomic mass is 16.7. The Kier molecular flexibility index (Phi) is 4.69. The molecular formula is C22H27N3O3. The molecule has 1 aromatic heterocycles. The number of hydrogen-bond donors (Lipinski definition) is 0. The van der Waals surface area contributed by atoms with Crippen molar-refractivity contribution in [3.8, 4) is 5.69 Å². The first kappa shape index (κ1) is 17.9. The molecule has 6 heteroatoms. The molecule has 3 aliphatic rings. The maximum absolute atomic E-state index is 13.4. The van der Waals surface area contributed by atoms with Gasteiger partial charge in [0.2, 0.25) is 0 Å². The van der Waals surface area contributed by atoms with E-state index in [9.17, 15) is 4.79 Å². The Hall–Kier alpha value is -2.18. The van der Waals surface area contributed by atoms with Gasteiger partial charge in [0.25, 0.3) is 5.91 Å². The summed E-state index contributed by atoms with van der Waals surface area (Å²) in [6, 6.07) is 8.25. The number of benzene rings is 1. The quantitative estimate of drug-likeness (QED) is 0.820. The predicted molar refractivity (Wildman–Crippen MR) is 105 cm³/mol. The minimum Gasteiger partial charge on any atom is -0.350 e. The molecule has 6 nitrogen and oxygen atoms in total. The standard InChI is InChI=1S/C22H27N3O3/c1-15-6-2-3-9-18(15)25-19-10-4-8-17(19)20(23-25)21(26)24-11-5-7-16(14-24)22-27-12-13-28-22/h2-3,6,9,16,22H,4-5,7-8,10-14H2,1H3. The summed E-state index contributed by atoms with van der Waals surface area (Å²) < 4.78 is 13.4. The molecule has 2 aromatic rings. The number of amides is 1. The number of aromatic nitrogens is 2. The van der Waals surface area contributed by atoms with Gasteiger partial charge in [-0.15, -0.1) is 0 Å². The second kappa shape index (κ2) is 7.33. The Morgan fingerprint density at radius 2 is 1.96 bits per heavy atom. The second-order valence-corrected chi connectivity index (χ2v) is 8.09. The lowest BCUT2D eigenvalue weighted by atomic mass is 9.97. The predicted octanol–water partition coefficient (Wildman–Crippen LogP) is 2.89. The maximum atomic E-state index is 13.4. The first-order valence-electron chi connectivity index (χ1n) is 10.4. The van der Waals surface area contributed by atoms with Crippen LogP contribution in [0.5, 0.6) is 0 Å². The number of hydrogen-bond acceptors (Lipinski definition) is 4. The smallest absolute Gasteiger partial charge is 0.274 e. The van der Waals surface area contributed by atoms with Crippen LogP contribution < -0.4 is 0 Å². The largest absolute Gasteiger partial charge is 0.350 e. The average Bonchev–Trinajstić information content (AvgIpc) is 3.46. The number of ether oxygens (including phenoxy) is 2. The lowest BCUT2D eigenvalue weighted by Crippen LogP contribution is -2.44. The number of rotatable bonds is 3. The summed E-state index contributed by atoms with van der Waals surface area (Å²) in [6.07, 6.45) is 4.88. The summed E-state index contributed by atoms with van der Waals surface area (Å²) in [4.78, 5) is 15.4. The molecule has 2 saturated heterocycles. The minimum absolute atomic E-state index is 0.0631. The number of para-hydroxylation sites is 1. The van der Waals surface area contributed by atoms with E-state index in [4.69, 9.17) is 14.6 Å². The van der Waals surface area contributed by atoms with Gasteiger partial charge in [-0.05, 0) is 50.7 Å². The molecule has 0 bridgehead atoms. The van der Waals surface area contributed by atoms with Crippen LogP contribution >= 0.6 is 0 Å². The molecule has 2 fully saturated rings. The molecule has 3 heterocycles. The Balaban J connectivity index is 1.44. The van der Waals surface area contributed by atoms with Crippen molar-refractivity contribution in [2.24, 2.45) is 5.92 Å². The van der Waals surface area contributed by atoms with E-state index in [2.05, 4.69) is 19.1 Å². The van der Waals surface area contributed by atoms with E-state index in [1.54, 1.807) is 0 Å². The fourth-order valence-corrected chi connectivity index (χ4v) is 4.82. The third kappa shape index (κ3) is 3.05. The Bertz CT molecular complexity index is 885. The van der Waals surface area contributed by atoms with Gasteiger partial charge in [-0.25, -0.2) is 4.68 Å². The van der Waals surface area contributed by atoms with Gasteiger partial charge in [0.1, 0.15) is 0 Å². The van der Waals surface area contributed by atoms with E-state index in [1.165, 1.54) is 11.3 Å². The van der Waals surface area contributed by atoms with Gasteiger partial charge in [-0.3, -0.25) is 4.79 Å². The highest BCUT2D eigenvalue weighted by Gasteiger charge is 2.35. The molecule has 1 amide bonds. The number of carbonyl (C=O) groups excluding carboxylic acids is 1. The number of fused-ring (bicyclic) bond motifs is 1. The summed E-state index contributed by atoms with van der Waals surface area (Å²) >= 11 is 0. The molecule has 1 aliphatic carbocycles. The summed E-state index contributed by atoms with van der Waals surface area (Å²) in [5, 5.41) is 4.82. The van der Waals surface area contributed by atoms with E-state index < -0.39 is 0 Å². The molecule has 0 spiro atoms. The maximum Gasteiger partial charge on any atom is 0.274 e. The van der Waals surface area contributed by atoms with Crippen molar-refractivity contribution >= 4 is 5.91 Å². The lowest BCUT2D eigenvalue weighted by molar-refractivity contribution is -0.0969. The summed E-state index contributed by atoms with van der Waals surface area (Å²) in [6.45, 7) is 4.88. The number of nitrogens with zero attached hydrogens (tertiary/aromatic N) is 3. The Labute approximate surface area is 165 Å². The van der Waals surface area contributed by atoms with Gasteiger partial charge in [0, 0.05) is 30.3 Å².